The molecule has 0 aromatic heterocycles. The first-order valence-corrected chi connectivity index (χ1v) is 7.93. The Labute approximate surface area is 122 Å². The van der Waals surface area contributed by atoms with Crippen LogP contribution in [0.3, 0.4) is 0 Å². The van der Waals surface area contributed by atoms with Crippen LogP contribution in [0.1, 0.15) is 31.9 Å². The van der Waals surface area contributed by atoms with Crippen LogP contribution in [0, 0.1) is 5.82 Å². The lowest BCUT2D eigenvalue weighted by Crippen LogP contribution is -2.21. The van der Waals surface area contributed by atoms with Gasteiger partial charge >= 0.3 is 0 Å². The molecule has 0 saturated carbocycles. The van der Waals surface area contributed by atoms with Crippen LogP contribution in [0.25, 0.3) is 0 Å². The first-order valence-electron chi connectivity index (χ1n) is 6.02. The topological polar surface area (TPSA) is 12.0 Å². The lowest BCUT2D eigenvalue weighted by Gasteiger charge is -2.17. The SMILES string of the molecule is CCSCCCNC(C)c1c(Cl)ccc(F)c1Cl. The van der Waals surface area contributed by atoms with Crippen molar-refractivity contribution in [2.75, 3.05) is 18.1 Å². The highest BCUT2D eigenvalue weighted by Gasteiger charge is 2.16. The normalized spacial score (nSPS) is 12.7. The zero-order valence-corrected chi connectivity index (χ0v) is 12.9. The number of thioether (sulfide) groups is 1. The number of benzene rings is 1. The van der Waals surface area contributed by atoms with Gasteiger partial charge in [-0.25, -0.2) is 4.39 Å². The van der Waals surface area contributed by atoms with E-state index in [1.165, 1.54) is 6.07 Å². The van der Waals surface area contributed by atoms with E-state index in [2.05, 4.69) is 12.2 Å². The first kappa shape index (κ1) is 16.1. The Morgan fingerprint density at radius 3 is 2.78 bits per heavy atom. The highest BCUT2D eigenvalue weighted by molar-refractivity contribution is 7.99. The van der Waals surface area contributed by atoms with Crippen molar-refractivity contribution in [1.29, 1.82) is 0 Å². The van der Waals surface area contributed by atoms with Crippen molar-refractivity contribution in [2.45, 2.75) is 26.3 Å². The van der Waals surface area contributed by atoms with Crippen molar-refractivity contribution in [2.24, 2.45) is 0 Å². The zero-order valence-electron chi connectivity index (χ0n) is 10.6. The van der Waals surface area contributed by atoms with Crippen LogP contribution in [0.2, 0.25) is 10.0 Å². The van der Waals surface area contributed by atoms with Crippen molar-refractivity contribution in [1.82, 2.24) is 5.32 Å². The van der Waals surface area contributed by atoms with Crippen LogP contribution >= 0.6 is 35.0 Å². The van der Waals surface area contributed by atoms with E-state index in [9.17, 15) is 4.39 Å². The van der Waals surface area contributed by atoms with Gasteiger partial charge in [0.05, 0.1) is 5.02 Å². The second-order valence-corrected chi connectivity index (χ2v) is 6.16. The first-order chi connectivity index (χ1) is 8.57. The Hall–Kier alpha value is 0.0400. The molecule has 102 valence electrons. The molecular weight excluding hydrogens is 292 g/mol. The molecule has 1 atom stereocenters. The molecule has 1 N–H and O–H groups in total. The molecule has 0 fully saturated rings. The van der Waals surface area contributed by atoms with E-state index >= 15 is 0 Å². The zero-order chi connectivity index (χ0) is 13.5. The fourth-order valence-electron chi connectivity index (χ4n) is 1.68. The monoisotopic (exact) mass is 309 g/mol. The molecule has 0 bridgehead atoms. The molecule has 18 heavy (non-hydrogen) atoms. The summed E-state index contributed by atoms with van der Waals surface area (Å²) in [5.41, 5.74) is 0.640. The summed E-state index contributed by atoms with van der Waals surface area (Å²) >= 11 is 13.9. The van der Waals surface area contributed by atoms with Crippen LogP contribution in [-0.4, -0.2) is 18.1 Å². The molecule has 5 heteroatoms. The second kappa shape index (κ2) is 8.26. The summed E-state index contributed by atoms with van der Waals surface area (Å²) < 4.78 is 13.4. The Morgan fingerprint density at radius 1 is 1.39 bits per heavy atom. The van der Waals surface area contributed by atoms with E-state index < -0.39 is 5.82 Å². The molecule has 1 nitrogen and oxygen atoms in total. The van der Waals surface area contributed by atoms with Gasteiger partial charge in [-0.05, 0) is 43.5 Å². The largest absolute Gasteiger partial charge is 0.310 e. The van der Waals surface area contributed by atoms with Gasteiger partial charge in [0.15, 0.2) is 0 Å². The molecule has 0 radical (unpaired) electrons. The quantitative estimate of drug-likeness (QED) is 0.566. The van der Waals surface area contributed by atoms with E-state index in [0.717, 1.165) is 24.5 Å². The molecule has 0 amide bonds. The summed E-state index contributed by atoms with van der Waals surface area (Å²) in [7, 11) is 0. The Balaban J connectivity index is 2.56. The van der Waals surface area contributed by atoms with Gasteiger partial charge in [0, 0.05) is 16.6 Å². The van der Waals surface area contributed by atoms with Crippen molar-refractivity contribution in [3.8, 4) is 0 Å². The van der Waals surface area contributed by atoms with Crippen molar-refractivity contribution < 1.29 is 4.39 Å². The standard InChI is InChI=1S/C13H18Cl2FNS/c1-3-18-8-4-7-17-9(2)12-10(14)5-6-11(16)13(12)15/h5-6,9,17H,3-4,7-8H2,1-2H3. The third-order valence-corrected chi connectivity index (χ3v) is 4.33. The highest BCUT2D eigenvalue weighted by atomic mass is 35.5. The second-order valence-electron chi connectivity index (χ2n) is 3.98. The van der Waals surface area contributed by atoms with Gasteiger partial charge in [-0.2, -0.15) is 11.8 Å². The van der Waals surface area contributed by atoms with E-state index in [0.29, 0.717) is 10.6 Å². The predicted octanol–water partition coefficient (Wildman–Crippen LogP) is 4.93. The Bertz CT molecular complexity index is 387. The number of hydrogen-bond acceptors (Lipinski definition) is 2. The maximum Gasteiger partial charge on any atom is 0.142 e. The van der Waals surface area contributed by atoms with Crippen LogP contribution in [-0.2, 0) is 0 Å². The Kier molecular flexibility index (Phi) is 7.38. The van der Waals surface area contributed by atoms with E-state index in [1.807, 2.05) is 18.7 Å². The third kappa shape index (κ3) is 4.61. The third-order valence-electron chi connectivity index (χ3n) is 2.63. The van der Waals surface area contributed by atoms with Gasteiger partial charge in [0.2, 0.25) is 0 Å². The van der Waals surface area contributed by atoms with Crippen molar-refractivity contribution >= 4 is 35.0 Å². The summed E-state index contributed by atoms with van der Waals surface area (Å²) in [5.74, 6) is 1.84. The minimum absolute atomic E-state index is 0.0488. The predicted molar refractivity (Wildman–Crippen MR) is 80.5 cm³/mol. The summed E-state index contributed by atoms with van der Waals surface area (Å²) in [5, 5.41) is 3.94. The molecule has 0 heterocycles. The molecule has 0 aliphatic carbocycles. The summed E-state index contributed by atoms with van der Waals surface area (Å²) in [6.07, 6.45) is 1.08. The fourth-order valence-corrected chi connectivity index (χ4v) is 3.01. The van der Waals surface area contributed by atoms with Crippen LogP contribution < -0.4 is 5.32 Å². The van der Waals surface area contributed by atoms with Gasteiger partial charge in [0.25, 0.3) is 0 Å². The molecule has 0 spiro atoms. The number of halogens is 3. The van der Waals surface area contributed by atoms with Crippen LogP contribution in [0.5, 0.6) is 0 Å². The van der Waals surface area contributed by atoms with Crippen molar-refractivity contribution in [3.63, 3.8) is 0 Å². The number of rotatable bonds is 7. The molecule has 0 aliphatic rings. The molecule has 0 saturated heterocycles. The molecule has 0 aliphatic heterocycles. The highest BCUT2D eigenvalue weighted by Crippen LogP contribution is 2.32. The number of nitrogens with one attached hydrogen (secondary N) is 1. The average molecular weight is 310 g/mol. The van der Waals surface area contributed by atoms with E-state index in [4.69, 9.17) is 23.2 Å². The minimum Gasteiger partial charge on any atom is -0.310 e. The Morgan fingerprint density at radius 2 is 2.11 bits per heavy atom. The van der Waals surface area contributed by atoms with Gasteiger partial charge in [0.1, 0.15) is 5.82 Å². The van der Waals surface area contributed by atoms with Gasteiger partial charge < -0.3 is 5.32 Å². The lowest BCUT2D eigenvalue weighted by molar-refractivity contribution is 0.564. The number of hydrogen-bond donors (Lipinski definition) is 1. The molecule has 1 aromatic rings. The van der Waals surface area contributed by atoms with Gasteiger partial charge in [-0.3, -0.25) is 0 Å². The van der Waals surface area contributed by atoms with Gasteiger partial charge in [-0.15, -0.1) is 0 Å². The minimum atomic E-state index is -0.425. The van der Waals surface area contributed by atoms with Crippen LogP contribution in [0.15, 0.2) is 12.1 Å². The smallest absolute Gasteiger partial charge is 0.142 e. The maximum atomic E-state index is 13.4. The molecule has 1 unspecified atom stereocenters. The van der Waals surface area contributed by atoms with Crippen LogP contribution in [0.4, 0.5) is 4.39 Å². The summed E-state index contributed by atoms with van der Waals surface area (Å²) in [6.45, 7) is 4.96. The van der Waals surface area contributed by atoms with Gasteiger partial charge in [-0.1, -0.05) is 30.1 Å². The average Bonchev–Trinajstić information content (AvgIpc) is 2.34. The van der Waals surface area contributed by atoms with Crippen molar-refractivity contribution in [3.05, 3.63) is 33.6 Å². The lowest BCUT2D eigenvalue weighted by atomic mass is 10.1. The maximum absolute atomic E-state index is 13.4. The summed E-state index contributed by atoms with van der Waals surface area (Å²) in [4.78, 5) is 0. The molecule has 1 aromatic carbocycles. The fraction of sp³-hybridized carbons (Fsp3) is 0.538. The summed E-state index contributed by atoms with van der Waals surface area (Å²) in [6, 6.07) is 2.79. The van der Waals surface area contributed by atoms with E-state index in [1.54, 1.807) is 6.07 Å². The molecule has 1 rings (SSSR count). The van der Waals surface area contributed by atoms with E-state index in [-0.39, 0.29) is 11.1 Å². The molecular formula is C13H18Cl2FNS.